The van der Waals surface area contributed by atoms with E-state index in [-0.39, 0.29) is 11.1 Å². The van der Waals surface area contributed by atoms with Crippen LogP contribution in [0.25, 0.3) is 0 Å². The topological polar surface area (TPSA) is 224 Å². The number of rotatable bonds is 5. The monoisotopic (exact) mass is 388 g/mol. The van der Waals surface area contributed by atoms with Crippen molar-refractivity contribution in [3.05, 3.63) is 70.8 Å². The number of amides is 4. The largest absolute Gasteiger partial charge is 0.366 e. The van der Waals surface area contributed by atoms with E-state index < -0.39 is 23.6 Å². The highest BCUT2D eigenvalue weighted by Gasteiger charge is 2.04. The van der Waals surface area contributed by atoms with E-state index in [1.54, 1.807) is 6.07 Å². The SMILES string of the molecule is NC(=O)c1ccc(C(N)=O)cc1.NC(=O)c1cccc(C(N)=O)c1.NCCN. The van der Waals surface area contributed by atoms with Gasteiger partial charge in [0, 0.05) is 35.3 Å². The predicted molar refractivity (Wildman–Crippen MR) is 105 cm³/mol. The van der Waals surface area contributed by atoms with Gasteiger partial charge in [-0.15, -0.1) is 0 Å². The Morgan fingerprint density at radius 1 is 0.536 bits per heavy atom. The minimum absolute atomic E-state index is 0.284. The van der Waals surface area contributed by atoms with E-state index in [9.17, 15) is 19.2 Å². The first-order valence-corrected chi connectivity index (χ1v) is 7.93. The molecular formula is C18H24N6O4. The molecule has 0 aliphatic heterocycles. The number of carbonyl (C=O) groups is 4. The van der Waals surface area contributed by atoms with Crippen LogP contribution in [0.15, 0.2) is 48.5 Å². The molecule has 0 fully saturated rings. The summed E-state index contributed by atoms with van der Waals surface area (Å²) in [6, 6.07) is 11.8. The summed E-state index contributed by atoms with van der Waals surface area (Å²) in [7, 11) is 0. The average Bonchev–Trinajstić information content (AvgIpc) is 2.68. The molecule has 0 aromatic heterocycles. The van der Waals surface area contributed by atoms with Crippen LogP contribution in [-0.4, -0.2) is 36.7 Å². The van der Waals surface area contributed by atoms with Gasteiger partial charge in [0.1, 0.15) is 0 Å². The molecule has 0 aliphatic carbocycles. The molecule has 0 bridgehead atoms. The molecular weight excluding hydrogens is 364 g/mol. The first-order valence-electron chi connectivity index (χ1n) is 7.93. The van der Waals surface area contributed by atoms with Gasteiger partial charge in [0.05, 0.1) is 0 Å². The lowest BCUT2D eigenvalue weighted by Gasteiger charge is -1.97. The zero-order chi connectivity index (χ0) is 21.7. The zero-order valence-electron chi connectivity index (χ0n) is 15.1. The van der Waals surface area contributed by atoms with E-state index in [1.807, 2.05) is 0 Å². The van der Waals surface area contributed by atoms with Crippen LogP contribution in [0.5, 0.6) is 0 Å². The molecule has 0 aliphatic rings. The van der Waals surface area contributed by atoms with Gasteiger partial charge in [-0.2, -0.15) is 0 Å². The maximum absolute atomic E-state index is 10.6. The van der Waals surface area contributed by atoms with Gasteiger partial charge >= 0.3 is 0 Å². The van der Waals surface area contributed by atoms with Gasteiger partial charge in [0.2, 0.25) is 23.6 Å². The second-order valence-corrected chi connectivity index (χ2v) is 5.19. The quantitative estimate of drug-likeness (QED) is 0.363. The molecule has 10 nitrogen and oxygen atoms in total. The molecule has 2 rings (SSSR count). The lowest BCUT2D eigenvalue weighted by Crippen LogP contribution is -2.14. The van der Waals surface area contributed by atoms with Crippen LogP contribution in [0, 0.1) is 0 Å². The number of carbonyl (C=O) groups excluding carboxylic acids is 4. The summed E-state index contributed by atoms with van der Waals surface area (Å²) in [5.41, 5.74) is 31.0. The average molecular weight is 388 g/mol. The molecule has 4 amide bonds. The normalized spacial score (nSPS) is 9.07. The molecule has 0 spiro atoms. The zero-order valence-corrected chi connectivity index (χ0v) is 15.1. The summed E-state index contributed by atoms with van der Waals surface area (Å²) in [5.74, 6) is -2.19. The van der Waals surface area contributed by atoms with Crippen molar-refractivity contribution >= 4 is 23.6 Å². The molecule has 2 aromatic carbocycles. The van der Waals surface area contributed by atoms with Crippen LogP contribution in [0.4, 0.5) is 0 Å². The Balaban J connectivity index is 0.000000439. The molecule has 0 unspecified atom stereocenters. The van der Waals surface area contributed by atoms with E-state index >= 15 is 0 Å². The Labute approximate surface area is 161 Å². The van der Waals surface area contributed by atoms with E-state index in [0.717, 1.165) is 0 Å². The standard InChI is InChI=1S/2C8H8N2O2.C2H8N2/c9-7(11)5-1-2-6(4-3-5)8(10)12;9-7(11)5-2-1-3-6(4-5)8(10)12;3-1-2-4/h2*1-4H,(H2,9,11)(H2,10,12);1-4H2. The van der Waals surface area contributed by atoms with Crippen LogP contribution in [0.2, 0.25) is 0 Å². The number of benzene rings is 2. The lowest BCUT2D eigenvalue weighted by atomic mass is 10.1. The molecule has 0 heterocycles. The Kier molecular flexibility index (Phi) is 10.9. The molecule has 28 heavy (non-hydrogen) atoms. The van der Waals surface area contributed by atoms with Gasteiger partial charge < -0.3 is 34.4 Å². The third-order valence-electron chi connectivity index (χ3n) is 3.05. The number of hydrogen-bond acceptors (Lipinski definition) is 6. The van der Waals surface area contributed by atoms with Gasteiger partial charge in [-0.3, -0.25) is 19.2 Å². The first kappa shape index (κ1) is 24.2. The van der Waals surface area contributed by atoms with Crippen molar-refractivity contribution in [1.82, 2.24) is 0 Å². The van der Waals surface area contributed by atoms with Crippen molar-refractivity contribution in [2.45, 2.75) is 0 Å². The minimum Gasteiger partial charge on any atom is -0.366 e. The fraction of sp³-hybridized carbons (Fsp3) is 0.111. The van der Waals surface area contributed by atoms with Gasteiger partial charge in [0.25, 0.3) is 0 Å². The molecule has 0 saturated carbocycles. The molecule has 2 aromatic rings. The van der Waals surface area contributed by atoms with E-state index in [2.05, 4.69) is 0 Å². The molecule has 10 heteroatoms. The molecule has 0 saturated heterocycles. The fourth-order valence-electron chi connectivity index (χ4n) is 1.62. The van der Waals surface area contributed by atoms with Crippen LogP contribution in [0.1, 0.15) is 41.4 Å². The third-order valence-corrected chi connectivity index (χ3v) is 3.05. The highest BCUT2D eigenvalue weighted by molar-refractivity contribution is 5.98. The summed E-state index contributed by atoms with van der Waals surface area (Å²) < 4.78 is 0. The summed E-state index contributed by atoms with van der Waals surface area (Å²) in [5, 5.41) is 0. The number of nitrogens with two attached hydrogens (primary N) is 6. The van der Waals surface area contributed by atoms with Crippen LogP contribution in [-0.2, 0) is 0 Å². The lowest BCUT2D eigenvalue weighted by molar-refractivity contribution is 0.0988. The second-order valence-electron chi connectivity index (χ2n) is 5.19. The van der Waals surface area contributed by atoms with Gasteiger partial charge in [-0.1, -0.05) is 6.07 Å². The van der Waals surface area contributed by atoms with Gasteiger partial charge in [-0.05, 0) is 42.5 Å². The van der Waals surface area contributed by atoms with Crippen LogP contribution >= 0.6 is 0 Å². The van der Waals surface area contributed by atoms with E-state index in [4.69, 9.17) is 34.4 Å². The summed E-state index contributed by atoms with van der Waals surface area (Å²) in [4.78, 5) is 42.5. The Hall–Kier alpha value is -3.76. The maximum Gasteiger partial charge on any atom is 0.248 e. The summed E-state index contributed by atoms with van der Waals surface area (Å²) in [6.45, 7) is 1.19. The summed E-state index contributed by atoms with van der Waals surface area (Å²) in [6.07, 6.45) is 0. The Morgan fingerprint density at radius 3 is 1.04 bits per heavy atom. The van der Waals surface area contributed by atoms with Crippen molar-refractivity contribution in [2.24, 2.45) is 34.4 Å². The van der Waals surface area contributed by atoms with Crippen molar-refractivity contribution in [1.29, 1.82) is 0 Å². The van der Waals surface area contributed by atoms with Crippen molar-refractivity contribution < 1.29 is 19.2 Å². The van der Waals surface area contributed by atoms with Crippen LogP contribution < -0.4 is 34.4 Å². The first-order chi connectivity index (χ1) is 13.1. The third kappa shape index (κ3) is 9.08. The molecule has 0 radical (unpaired) electrons. The smallest absolute Gasteiger partial charge is 0.248 e. The molecule has 150 valence electrons. The highest BCUT2D eigenvalue weighted by atomic mass is 16.2. The minimum atomic E-state index is -0.571. The van der Waals surface area contributed by atoms with Crippen LogP contribution in [0.3, 0.4) is 0 Å². The number of hydrogen-bond donors (Lipinski definition) is 6. The second kappa shape index (κ2) is 12.6. The summed E-state index contributed by atoms with van der Waals surface area (Å²) >= 11 is 0. The highest BCUT2D eigenvalue weighted by Crippen LogP contribution is 2.03. The fourth-order valence-corrected chi connectivity index (χ4v) is 1.62. The molecule has 0 atom stereocenters. The van der Waals surface area contributed by atoms with Gasteiger partial charge in [0.15, 0.2) is 0 Å². The Morgan fingerprint density at radius 2 is 0.821 bits per heavy atom. The van der Waals surface area contributed by atoms with Crippen molar-refractivity contribution in [3.63, 3.8) is 0 Å². The Bertz CT molecular complexity index is 757. The maximum atomic E-state index is 10.6. The van der Waals surface area contributed by atoms with Gasteiger partial charge in [-0.25, -0.2) is 0 Å². The molecule has 12 N–H and O–H groups in total. The van der Waals surface area contributed by atoms with Crippen molar-refractivity contribution in [3.8, 4) is 0 Å². The number of primary amides is 4. The van der Waals surface area contributed by atoms with E-state index in [1.165, 1.54) is 42.5 Å². The predicted octanol–water partition coefficient (Wildman–Crippen LogP) is -1.33. The van der Waals surface area contributed by atoms with Crippen molar-refractivity contribution in [2.75, 3.05) is 13.1 Å². The van der Waals surface area contributed by atoms with E-state index in [0.29, 0.717) is 24.2 Å².